The van der Waals surface area contributed by atoms with Crippen LogP contribution >= 0.6 is 0 Å². The highest BCUT2D eigenvalue weighted by Crippen LogP contribution is 2.13. The number of ether oxygens (including phenoxy) is 1. The van der Waals surface area contributed by atoms with Crippen molar-refractivity contribution in [2.45, 2.75) is 32.6 Å². The monoisotopic (exact) mass is 264 g/mol. The summed E-state index contributed by atoms with van der Waals surface area (Å²) >= 11 is 0. The van der Waals surface area contributed by atoms with E-state index < -0.39 is 17.9 Å². The Morgan fingerprint density at radius 3 is 2.47 bits per heavy atom. The quantitative estimate of drug-likeness (QED) is 0.445. The molecule has 0 aromatic heterocycles. The smallest absolute Gasteiger partial charge is 0.320 e. The molecule has 1 atom stereocenters. The summed E-state index contributed by atoms with van der Waals surface area (Å²) in [6, 6.07) is 10.0. The fourth-order valence-electron chi connectivity index (χ4n) is 1.91. The number of hydrogen-bond acceptors (Lipinski definition) is 3. The molecule has 0 aliphatic carbocycles. The van der Waals surface area contributed by atoms with Gasteiger partial charge in [0.2, 0.25) is 0 Å². The highest BCUT2D eigenvalue weighted by atomic mass is 16.5. The molecule has 0 bridgehead atoms. The van der Waals surface area contributed by atoms with Crippen LogP contribution in [0.4, 0.5) is 0 Å². The lowest BCUT2D eigenvalue weighted by Crippen LogP contribution is -2.25. The van der Waals surface area contributed by atoms with Crippen molar-refractivity contribution in [3.8, 4) is 0 Å². The van der Waals surface area contributed by atoms with Gasteiger partial charge in [0, 0.05) is 0 Å². The molecule has 0 amide bonds. The Kier molecular flexibility index (Phi) is 6.64. The molecule has 1 aromatic rings. The number of aryl methyl sites for hydroxylation is 1. The molecule has 0 radical (unpaired) electrons. The summed E-state index contributed by atoms with van der Waals surface area (Å²) in [7, 11) is 0. The largest absolute Gasteiger partial charge is 0.481 e. The molecule has 4 nitrogen and oxygen atoms in total. The summed E-state index contributed by atoms with van der Waals surface area (Å²) in [4.78, 5) is 22.4. The van der Waals surface area contributed by atoms with E-state index in [1.807, 2.05) is 30.3 Å². The molecule has 19 heavy (non-hydrogen) atoms. The summed E-state index contributed by atoms with van der Waals surface area (Å²) in [6.07, 6.45) is 2.80. The zero-order valence-corrected chi connectivity index (χ0v) is 11.2. The van der Waals surface area contributed by atoms with Crippen molar-refractivity contribution in [1.29, 1.82) is 0 Å². The molecule has 0 saturated carbocycles. The van der Waals surface area contributed by atoms with E-state index in [0.717, 1.165) is 12.8 Å². The van der Waals surface area contributed by atoms with Crippen molar-refractivity contribution in [3.05, 3.63) is 35.9 Å². The van der Waals surface area contributed by atoms with Crippen LogP contribution in [0.3, 0.4) is 0 Å². The first kappa shape index (κ1) is 15.2. The van der Waals surface area contributed by atoms with Crippen LogP contribution < -0.4 is 0 Å². The lowest BCUT2D eigenvalue weighted by molar-refractivity contribution is -0.158. The molecule has 0 spiro atoms. The van der Waals surface area contributed by atoms with E-state index in [1.165, 1.54) is 5.56 Å². The van der Waals surface area contributed by atoms with Gasteiger partial charge >= 0.3 is 11.9 Å². The lowest BCUT2D eigenvalue weighted by Gasteiger charge is -2.10. The van der Waals surface area contributed by atoms with E-state index >= 15 is 0 Å². The predicted octanol–water partition coefficient (Wildman–Crippen LogP) is 2.66. The maximum absolute atomic E-state index is 11.4. The fraction of sp³-hybridized carbons (Fsp3) is 0.467. The summed E-state index contributed by atoms with van der Waals surface area (Å²) in [5.74, 6) is -2.76. The van der Waals surface area contributed by atoms with Gasteiger partial charge < -0.3 is 9.84 Å². The molecular weight excluding hydrogens is 244 g/mol. The zero-order valence-electron chi connectivity index (χ0n) is 11.2. The second-order valence-corrected chi connectivity index (χ2v) is 4.37. The third-order valence-corrected chi connectivity index (χ3v) is 2.92. The summed E-state index contributed by atoms with van der Waals surface area (Å²) in [5, 5.41) is 8.99. The van der Waals surface area contributed by atoms with Crippen molar-refractivity contribution in [2.75, 3.05) is 6.61 Å². The number of rotatable bonds is 8. The highest BCUT2D eigenvalue weighted by Gasteiger charge is 2.26. The van der Waals surface area contributed by atoms with Crippen molar-refractivity contribution in [2.24, 2.45) is 5.92 Å². The molecular formula is C15H20O4. The Labute approximate surface area is 113 Å². The summed E-state index contributed by atoms with van der Waals surface area (Å²) in [6.45, 7) is 1.89. The number of carboxylic acids is 1. The number of carbonyl (C=O) groups is 2. The minimum Gasteiger partial charge on any atom is -0.481 e. The van der Waals surface area contributed by atoms with E-state index in [1.54, 1.807) is 6.92 Å². The normalized spacial score (nSPS) is 11.8. The van der Waals surface area contributed by atoms with Crippen molar-refractivity contribution < 1.29 is 19.4 Å². The topological polar surface area (TPSA) is 63.6 Å². The summed E-state index contributed by atoms with van der Waals surface area (Å²) in [5.41, 5.74) is 1.23. The second-order valence-electron chi connectivity index (χ2n) is 4.37. The first-order valence-corrected chi connectivity index (χ1v) is 6.58. The number of carbonyl (C=O) groups excluding carboxylic acids is 1. The number of aliphatic carboxylic acids is 1. The van der Waals surface area contributed by atoms with Crippen LogP contribution in [0.1, 0.15) is 31.7 Å². The molecule has 0 aliphatic heterocycles. The number of hydrogen-bond donors (Lipinski definition) is 1. The number of carboxylic acid groups (broad SMARTS) is 1. The molecule has 0 fully saturated rings. The van der Waals surface area contributed by atoms with Gasteiger partial charge in [0.05, 0.1) is 6.61 Å². The van der Waals surface area contributed by atoms with Gasteiger partial charge in [-0.2, -0.15) is 0 Å². The fourth-order valence-corrected chi connectivity index (χ4v) is 1.91. The highest BCUT2D eigenvalue weighted by molar-refractivity contribution is 5.93. The van der Waals surface area contributed by atoms with Crippen molar-refractivity contribution in [1.82, 2.24) is 0 Å². The minimum absolute atomic E-state index is 0.215. The van der Waals surface area contributed by atoms with Crippen molar-refractivity contribution >= 4 is 11.9 Å². The lowest BCUT2D eigenvalue weighted by atomic mass is 10.00. The Balaban J connectivity index is 2.33. The third-order valence-electron chi connectivity index (χ3n) is 2.92. The molecule has 1 N–H and O–H groups in total. The van der Waals surface area contributed by atoms with Gasteiger partial charge in [-0.1, -0.05) is 36.8 Å². The second kappa shape index (κ2) is 8.29. The SMILES string of the molecule is CCOC(=O)[C@H](CCCCc1ccccc1)C(=O)O. The molecule has 0 unspecified atom stereocenters. The Morgan fingerprint density at radius 2 is 1.89 bits per heavy atom. The van der Waals surface area contributed by atoms with E-state index in [-0.39, 0.29) is 6.61 Å². The minimum atomic E-state index is -1.10. The van der Waals surface area contributed by atoms with Crippen LogP contribution in [0.25, 0.3) is 0 Å². The molecule has 0 aliphatic rings. The maximum Gasteiger partial charge on any atom is 0.320 e. The molecule has 1 rings (SSSR count). The van der Waals surface area contributed by atoms with Gasteiger partial charge in [0.1, 0.15) is 0 Å². The maximum atomic E-state index is 11.4. The van der Waals surface area contributed by atoms with E-state index in [9.17, 15) is 9.59 Å². The predicted molar refractivity (Wildman–Crippen MR) is 71.8 cm³/mol. The van der Waals surface area contributed by atoms with Crippen LogP contribution in [0.2, 0.25) is 0 Å². The van der Waals surface area contributed by atoms with Gasteiger partial charge in [-0.05, 0) is 31.7 Å². The Bertz CT molecular complexity index is 400. The zero-order chi connectivity index (χ0) is 14.1. The molecule has 104 valence electrons. The molecule has 0 heterocycles. The average Bonchev–Trinajstić information content (AvgIpc) is 2.39. The number of unbranched alkanes of at least 4 members (excludes halogenated alkanes) is 1. The molecule has 4 heteroatoms. The van der Waals surface area contributed by atoms with Crippen LogP contribution in [0.15, 0.2) is 30.3 Å². The first-order valence-electron chi connectivity index (χ1n) is 6.58. The van der Waals surface area contributed by atoms with Crippen LogP contribution in [0, 0.1) is 5.92 Å². The van der Waals surface area contributed by atoms with Gasteiger partial charge in [-0.3, -0.25) is 9.59 Å². The summed E-state index contributed by atoms with van der Waals surface area (Å²) < 4.78 is 4.76. The Morgan fingerprint density at radius 1 is 1.21 bits per heavy atom. The van der Waals surface area contributed by atoms with Crippen LogP contribution in [0.5, 0.6) is 0 Å². The third kappa shape index (κ3) is 5.55. The van der Waals surface area contributed by atoms with Crippen LogP contribution in [-0.4, -0.2) is 23.7 Å². The van der Waals surface area contributed by atoms with Gasteiger partial charge in [0.25, 0.3) is 0 Å². The number of esters is 1. The first-order chi connectivity index (χ1) is 9.15. The molecule has 0 saturated heterocycles. The van der Waals surface area contributed by atoms with Gasteiger partial charge in [-0.25, -0.2) is 0 Å². The van der Waals surface area contributed by atoms with Gasteiger partial charge in [0.15, 0.2) is 5.92 Å². The van der Waals surface area contributed by atoms with Crippen molar-refractivity contribution in [3.63, 3.8) is 0 Å². The molecule has 1 aromatic carbocycles. The average molecular weight is 264 g/mol. The van der Waals surface area contributed by atoms with Gasteiger partial charge in [-0.15, -0.1) is 0 Å². The van der Waals surface area contributed by atoms with E-state index in [2.05, 4.69) is 0 Å². The van der Waals surface area contributed by atoms with Crippen LogP contribution in [-0.2, 0) is 20.7 Å². The Hall–Kier alpha value is -1.84. The van der Waals surface area contributed by atoms with E-state index in [4.69, 9.17) is 9.84 Å². The van der Waals surface area contributed by atoms with E-state index in [0.29, 0.717) is 12.8 Å². The number of benzene rings is 1. The standard InChI is InChI=1S/C15H20O4/c1-2-19-15(18)13(14(16)17)11-7-6-10-12-8-4-3-5-9-12/h3-5,8-9,13H,2,6-7,10-11H2,1H3,(H,16,17)/t13-/m1/s1.